The Morgan fingerprint density at radius 3 is 2.86 bits per heavy atom. The lowest BCUT2D eigenvalue weighted by Crippen LogP contribution is -2.34. The van der Waals surface area contributed by atoms with Gasteiger partial charge in [-0.25, -0.2) is 4.39 Å². The Bertz CT molecular complexity index is 703. The van der Waals surface area contributed by atoms with Gasteiger partial charge >= 0.3 is 0 Å². The van der Waals surface area contributed by atoms with Crippen molar-refractivity contribution in [1.82, 2.24) is 5.32 Å². The molecule has 0 fully saturated rings. The van der Waals surface area contributed by atoms with Crippen LogP contribution in [0.3, 0.4) is 0 Å². The molecule has 0 aromatic heterocycles. The van der Waals surface area contributed by atoms with Crippen LogP contribution in [0.5, 0.6) is 5.75 Å². The zero-order valence-electron chi connectivity index (χ0n) is 12.2. The Morgan fingerprint density at radius 2 is 2.05 bits per heavy atom. The van der Waals surface area contributed by atoms with Crippen LogP contribution in [0.2, 0.25) is 0 Å². The van der Waals surface area contributed by atoms with Crippen molar-refractivity contribution in [1.29, 1.82) is 0 Å². The molecule has 0 spiro atoms. The Hall–Kier alpha value is -2.40. The summed E-state index contributed by atoms with van der Waals surface area (Å²) in [5.41, 5.74) is 2.30. The normalized spacial score (nSPS) is 16.6. The lowest BCUT2D eigenvalue weighted by Gasteiger charge is -2.23. The first-order valence-electron chi connectivity index (χ1n) is 7.18. The van der Waals surface area contributed by atoms with Gasteiger partial charge in [0.1, 0.15) is 11.6 Å². The number of nitrogens with one attached hydrogen (secondary N) is 2. The maximum absolute atomic E-state index is 13.5. The molecule has 0 radical (unpaired) electrons. The first kappa shape index (κ1) is 14.5. The van der Waals surface area contributed by atoms with E-state index in [0.717, 1.165) is 5.56 Å². The maximum atomic E-state index is 13.5. The SMILES string of the molecule is CC1Oc2ccc(CNCc3ccccc3F)cc2NC1=O. The third-order valence-electron chi connectivity index (χ3n) is 3.58. The van der Waals surface area contributed by atoms with Crippen molar-refractivity contribution in [2.45, 2.75) is 26.1 Å². The van der Waals surface area contributed by atoms with Gasteiger partial charge in [0.05, 0.1) is 5.69 Å². The number of amides is 1. The summed E-state index contributed by atoms with van der Waals surface area (Å²) in [6.07, 6.45) is -0.475. The Morgan fingerprint density at radius 1 is 1.23 bits per heavy atom. The third kappa shape index (κ3) is 3.09. The number of carbonyl (C=O) groups is 1. The average molecular weight is 300 g/mol. The molecule has 1 unspecified atom stereocenters. The summed E-state index contributed by atoms with van der Waals surface area (Å²) < 4.78 is 19.0. The fourth-order valence-corrected chi connectivity index (χ4v) is 2.35. The highest BCUT2D eigenvalue weighted by molar-refractivity contribution is 5.97. The van der Waals surface area contributed by atoms with Gasteiger partial charge in [0.25, 0.3) is 5.91 Å². The van der Waals surface area contributed by atoms with Crippen molar-refractivity contribution in [3.8, 4) is 5.75 Å². The van der Waals surface area contributed by atoms with Gasteiger partial charge in [0.15, 0.2) is 6.10 Å². The minimum atomic E-state index is -0.475. The predicted octanol–water partition coefficient (Wildman–Crippen LogP) is 2.83. The van der Waals surface area contributed by atoms with Crippen LogP contribution in [0, 0.1) is 5.82 Å². The minimum Gasteiger partial charge on any atom is -0.479 e. The molecule has 1 aliphatic heterocycles. The molecule has 114 valence electrons. The van der Waals surface area contributed by atoms with Gasteiger partial charge in [-0.05, 0) is 30.7 Å². The van der Waals surface area contributed by atoms with Crippen molar-refractivity contribution >= 4 is 11.6 Å². The molecule has 2 N–H and O–H groups in total. The van der Waals surface area contributed by atoms with Gasteiger partial charge in [0, 0.05) is 18.7 Å². The number of hydrogen-bond donors (Lipinski definition) is 2. The van der Waals surface area contributed by atoms with Gasteiger partial charge in [-0.2, -0.15) is 0 Å². The van der Waals surface area contributed by atoms with Crippen LogP contribution < -0.4 is 15.4 Å². The van der Waals surface area contributed by atoms with E-state index in [9.17, 15) is 9.18 Å². The fourth-order valence-electron chi connectivity index (χ4n) is 2.35. The minimum absolute atomic E-state index is 0.149. The monoisotopic (exact) mass is 300 g/mol. The molecule has 1 aliphatic rings. The van der Waals surface area contributed by atoms with Crippen LogP contribution >= 0.6 is 0 Å². The van der Waals surface area contributed by atoms with E-state index in [4.69, 9.17) is 4.74 Å². The predicted molar refractivity (Wildman–Crippen MR) is 82.1 cm³/mol. The lowest BCUT2D eigenvalue weighted by atomic mass is 10.1. The second-order valence-electron chi connectivity index (χ2n) is 5.27. The molecule has 1 heterocycles. The van der Waals surface area contributed by atoms with E-state index in [0.29, 0.717) is 30.1 Å². The van der Waals surface area contributed by atoms with Crippen molar-refractivity contribution < 1.29 is 13.9 Å². The number of benzene rings is 2. The van der Waals surface area contributed by atoms with E-state index in [1.54, 1.807) is 19.1 Å². The maximum Gasteiger partial charge on any atom is 0.265 e. The second kappa shape index (κ2) is 6.15. The van der Waals surface area contributed by atoms with Crippen LogP contribution in [0.25, 0.3) is 0 Å². The summed E-state index contributed by atoms with van der Waals surface area (Å²) in [5, 5.41) is 6.01. The summed E-state index contributed by atoms with van der Waals surface area (Å²) in [7, 11) is 0. The molecule has 0 saturated heterocycles. The molecule has 3 rings (SSSR count). The molecular weight excluding hydrogens is 283 g/mol. The number of hydrogen-bond acceptors (Lipinski definition) is 3. The lowest BCUT2D eigenvalue weighted by molar-refractivity contribution is -0.122. The third-order valence-corrected chi connectivity index (χ3v) is 3.58. The first-order valence-corrected chi connectivity index (χ1v) is 7.18. The summed E-state index contributed by atoms with van der Waals surface area (Å²) in [6.45, 7) is 2.73. The molecule has 5 heteroatoms. The van der Waals surface area contributed by atoms with E-state index in [1.807, 2.05) is 24.3 Å². The first-order chi connectivity index (χ1) is 10.6. The number of carbonyl (C=O) groups excluding carboxylic acids is 1. The van der Waals surface area contributed by atoms with Gasteiger partial charge in [0.2, 0.25) is 0 Å². The highest BCUT2D eigenvalue weighted by Gasteiger charge is 2.23. The molecule has 0 saturated carbocycles. The van der Waals surface area contributed by atoms with Gasteiger partial charge < -0.3 is 15.4 Å². The van der Waals surface area contributed by atoms with Crippen LogP contribution in [0.15, 0.2) is 42.5 Å². The summed E-state index contributed by atoms with van der Waals surface area (Å²) in [6, 6.07) is 12.3. The quantitative estimate of drug-likeness (QED) is 0.913. The van der Waals surface area contributed by atoms with Gasteiger partial charge in [-0.1, -0.05) is 24.3 Å². The molecule has 1 atom stereocenters. The van der Waals surface area contributed by atoms with Gasteiger partial charge in [-0.3, -0.25) is 4.79 Å². The highest BCUT2D eigenvalue weighted by Crippen LogP contribution is 2.30. The summed E-state index contributed by atoms with van der Waals surface area (Å²) >= 11 is 0. The number of fused-ring (bicyclic) bond motifs is 1. The summed E-state index contributed by atoms with van der Waals surface area (Å²) in [5.74, 6) is 0.309. The van der Waals surface area contributed by atoms with Gasteiger partial charge in [-0.15, -0.1) is 0 Å². The molecule has 0 bridgehead atoms. The van der Waals surface area contributed by atoms with E-state index >= 15 is 0 Å². The number of anilines is 1. The van der Waals surface area contributed by atoms with E-state index in [-0.39, 0.29) is 11.7 Å². The van der Waals surface area contributed by atoms with E-state index < -0.39 is 6.10 Å². The zero-order chi connectivity index (χ0) is 15.5. The number of halogens is 1. The molecule has 1 amide bonds. The largest absolute Gasteiger partial charge is 0.479 e. The van der Waals surface area contributed by atoms with Crippen molar-refractivity contribution in [3.05, 3.63) is 59.4 Å². The van der Waals surface area contributed by atoms with Crippen LogP contribution in [0.1, 0.15) is 18.1 Å². The summed E-state index contributed by atoms with van der Waals surface area (Å²) in [4.78, 5) is 11.6. The molecule has 2 aromatic carbocycles. The van der Waals surface area contributed by atoms with Crippen LogP contribution in [-0.2, 0) is 17.9 Å². The Labute approximate surface area is 128 Å². The second-order valence-corrected chi connectivity index (χ2v) is 5.27. The molecule has 22 heavy (non-hydrogen) atoms. The van der Waals surface area contributed by atoms with Crippen molar-refractivity contribution in [2.75, 3.05) is 5.32 Å². The molecule has 0 aliphatic carbocycles. The average Bonchev–Trinajstić information content (AvgIpc) is 2.50. The number of ether oxygens (including phenoxy) is 1. The number of rotatable bonds is 4. The zero-order valence-corrected chi connectivity index (χ0v) is 12.2. The Kier molecular flexibility index (Phi) is 4.06. The molecule has 2 aromatic rings. The standard InChI is InChI=1S/C17H17FN2O2/c1-11-17(21)20-15-8-12(6-7-16(15)22-11)9-19-10-13-4-2-3-5-14(13)18/h2-8,11,19H,9-10H2,1H3,(H,20,21). The Balaban J connectivity index is 1.63. The van der Waals surface area contributed by atoms with Crippen LogP contribution in [0.4, 0.5) is 10.1 Å². The van der Waals surface area contributed by atoms with E-state index in [1.165, 1.54) is 6.07 Å². The van der Waals surface area contributed by atoms with Crippen LogP contribution in [-0.4, -0.2) is 12.0 Å². The van der Waals surface area contributed by atoms with Crippen molar-refractivity contribution in [2.24, 2.45) is 0 Å². The van der Waals surface area contributed by atoms with E-state index in [2.05, 4.69) is 10.6 Å². The highest BCUT2D eigenvalue weighted by atomic mass is 19.1. The van der Waals surface area contributed by atoms with Crippen molar-refractivity contribution in [3.63, 3.8) is 0 Å². The molecular formula is C17H17FN2O2. The topological polar surface area (TPSA) is 50.4 Å². The fraction of sp³-hybridized carbons (Fsp3) is 0.235. The smallest absolute Gasteiger partial charge is 0.265 e. The molecule has 4 nitrogen and oxygen atoms in total.